The maximum absolute atomic E-state index is 12.7. The van der Waals surface area contributed by atoms with Crippen molar-refractivity contribution in [3.63, 3.8) is 0 Å². The Morgan fingerprint density at radius 1 is 1.28 bits per heavy atom. The summed E-state index contributed by atoms with van der Waals surface area (Å²) in [6.07, 6.45) is -0.0908. The van der Waals surface area contributed by atoms with Crippen LogP contribution in [0.4, 0.5) is 0 Å². The second-order valence-electron chi connectivity index (χ2n) is 7.72. The summed E-state index contributed by atoms with van der Waals surface area (Å²) in [6.45, 7) is 6.35. The monoisotopic (exact) mass is 352 g/mol. The Morgan fingerprint density at radius 2 is 1.92 bits per heavy atom. The molecule has 1 aliphatic heterocycles. The van der Waals surface area contributed by atoms with Gasteiger partial charge in [0.1, 0.15) is 11.7 Å². The molecule has 1 saturated heterocycles. The summed E-state index contributed by atoms with van der Waals surface area (Å²) in [6, 6.07) is 0. The van der Waals surface area contributed by atoms with Crippen LogP contribution in [0.1, 0.15) is 34.1 Å². The number of ether oxygens (including phenoxy) is 3. The van der Waals surface area contributed by atoms with Crippen molar-refractivity contribution in [1.29, 1.82) is 0 Å². The fourth-order valence-electron chi connectivity index (χ4n) is 5.15. The lowest BCUT2D eigenvalue weighted by Crippen LogP contribution is -2.58. The van der Waals surface area contributed by atoms with E-state index in [1.54, 1.807) is 0 Å². The van der Waals surface area contributed by atoms with Crippen molar-refractivity contribution in [1.82, 2.24) is 0 Å². The highest BCUT2D eigenvalue weighted by molar-refractivity contribution is 6.01. The Kier molecular flexibility index (Phi) is 3.98. The van der Waals surface area contributed by atoms with Crippen molar-refractivity contribution in [2.45, 2.75) is 45.8 Å². The van der Waals surface area contributed by atoms with Gasteiger partial charge in [-0.05, 0) is 26.2 Å². The van der Waals surface area contributed by atoms with Crippen LogP contribution in [0.2, 0.25) is 0 Å². The Labute approximate surface area is 146 Å². The molecule has 0 aromatic rings. The first kappa shape index (κ1) is 17.9. The first-order chi connectivity index (χ1) is 11.6. The first-order valence-corrected chi connectivity index (χ1v) is 8.42. The molecule has 2 aliphatic carbocycles. The Balaban J connectivity index is 2.16. The second-order valence-corrected chi connectivity index (χ2v) is 7.72. The van der Waals surface area contributed by atoms with Gasteiger partial charge >= 0.3 is 17.9 Å². The molecule has 6 unspecified atom stereocenters. The van der Waals surface area contributed by atoms with Gasteiger partial charge in [0.05, 0.1) is 12.7 Å². The predicted molar refractivity (Wildman–Crippen MR) is 85.0 cm³/mol. The molecule has 3 aliphatic rings. The lowest BCUT2D eigenvalue weighted by molar-refractivity contribution is -0.193. The quantitative estimate of drug-likeness (QED) is 0.459. The number of aliphatic hydroxyl groups excluding tert-OH is 1. The third-order valence-electron chi connectivity index (χ3n) is 6.35. The Morgan fingerprint density at radius 3 is 2.44 bits per heavy atom. The van der Waals surface area contributed by atoms with Crippen LogP contribution in [0.15, 0.2) is 11.1 Å². The zero-order valence-electron chi connectivity index (χ0n) is 15.1. The normalized spacial score (nSPS) is 43.5. The number of aliphatic hydroxyl groups is 1. The summed E-state index contributed by atoms with van der Waals surface area (Å²) in [4.78, 5) is 36.4. The molecule has 7 heteroatoms. The molecule has 6 atom stereocenters. The van der Waals surface area contributed by atoms with Gasteiger partial charge in [-0.15, -0.1) is 0 Å². The van der Waals surface area contributed by atoms with Crippen LogP contribution in [-0.2, 0) is 28.6 Å². The average molecular weight is 352 g/mol. The van der Waals surface area contributed by atoms with Crippen molar-refractivity contribution in [3.8, 4) is 0 Å². The number of hydrogen-bond donors (Lipinski definition) is 1. The number of carbonyl (C=O) groups is 3. The predicted octanol–water partition coefficient (Wildman–Crippen LogP) is 0.988. The molecule has 25 heavy (non-hydrogen) atoms. The Hall–Kier alpha value is -1.89. The molecule has 0 radical (unpaired) electrons. The summed E-state index contributed by atoms with van der Waals surface area (Å²) in [5.41, 5.74) is -1.34. The molecule has 2 saturated carbocycles. The molecule has 0 aromatic carbocycles. The van der Waals surface area contributed by atoms with Gasteiger partial charge in [-0.25, -0.2) is 9.59 Å². The molecule has 0 aromatic heterocycles. The molecule has 1 heterocycles. The number of hydrogen-bond acceptors (Lipinski definition) is 7. The van der Waals surface area contributed by atoms with Crippen LogP contribution in [0.5, 0.6) is 0 Å². The number of carbonyl (C=O) groups excluding carboxylic acids is 3. The maximum Gasteiger partial charge on any atom is 0.338 e. The summed E-state index contributed by atoms with van der Waals surface area (Å²) >= 11 is 0. The van der Waals surface area contributed by atoms with Gasteiger partial charge in [-0.3, -0.25) is 4.79 Å². The van der Waals surface area contributed by atoms with Gasteiger partial charge in [-0.2, -0.15) is 0 Å². The molecule has 1 N–H and O–H groups in total. The highest BCUT2D eigenvalue weighted by atomic mass is 16.6. The number of fused-ring (bicyclic) bond motifs is 3. The summed E-state index contributed by atoms with van der Waals surface area (Å²) in [5, 5.41) is 10.1. The summed E-state index contributed by atoms with van der Waals surface area (Å²) in [7, 11) is 1.22. The standard InChI is InChI=1S/C18H24O7/c1-8(15(21)23-5)12-13(24-9(2)20)14-17(3,7-19)10-6-11(10)18(14,4)25-16(12)22/h10-11,13-14,19H,6-7H2,1-5H3. The van der Waals surface area contributed by atoms with Crippen LogP contribution in [0.25, 0.3) is 0 Å². The third kappa shape index (κ3) is 2.32. The largest absolute Gasteiger partial charge is 0.466 e. The Bertz CT molecular complexity index is 681. The van der Waals surface area contributed by atoms with E-state index in [1.807, 2.05) is 13.8 Å². The SMILES string of the molecule is COC(=O)C(C)=C1C(=O)OC2(C)C3CC3C(C)(CO)C2C1OC(C)=O. The molecule has 0 bridgehead atoms. The maximum atomic E-state index is 12.7. The number of rotatable bonds is 3. The highest BCUT2D eigenvalue weighted by Gasteiger charge is 2.77. The first-order valence-electron chi connectivity index (χ1n) is 8.42. The van der Waals surface area contributed by atoms with E-state index in [9.17, 15) is 19.5 Å². The van der Waals surface area contributed by atoms with E-state index in [0.717, 1.165) is 6.42 Å². The molecular formula is C18H24O7. The van der Waals surface area contributed by atoms with Crippen molar-refractivity contribution in [3.05, 3.63) is 11.1 Å². The lowest BCUT2D eigenvalue weighted by atomic mass is 9.65. The van der Waals surface area contributed by atoms with Crippen molar-refractivity contribution in [2.24, 2.45) is 23.2 Å². The van der Waals surface area contributed by atoms with Gasteiger partial charge in [0, 0.05) is 36.4 Å². The summed E-state index contributed by atoms with van der Waals surface area (Å²) < 4.78 is 16.0. The highest BCUT2D eigenvalue weighted by Crippen LogP contribution is 2.72. The van der Waals surface area contributed by atoms with Crippen LogP contribution in [0.3, 0.4) is 0 Å². The van der Waals surface area contributed by atoms with Crippen LogP contribution >= 0.6 is 0 Å². The minimum Gasteiger partial charge on any atom is -0.466 e. The minimum absolute atomic E-state index is 0.00509. The van der Waals surface area contributed by atoms with Crippen molar-refractivity contribution >= 4 is 17.9 Å². The van der Waals surface area contributed by atoms with Crippen LogP contribution in [-0.4, -0.2) is 48.4 Å². The molecule has 138 valence electrons. The van der Waals surface area contributed by atoms with E-state index in [2.05, 4.69) is 0 Å². The summed E-state index contributed by atoms with van der Waals surface area (Å²) in [5.74, 6) is -2.02. The van der Waals surface area contributed by atoms with Crippen molar-refractivity contribution < 1.29 is 33.7 Å². The molecular weight excluding hydrogens is 328 g/mol. The van der Waals surface area contributed by atoms with E-state index < -0.39 is 40.9 Å². The zero-order valence-corrected chi connectivity index (χ0v) is 15.1. The van der Waals surface area contributed by atoms with E-state index in [0.29, 0.717) is 0 Å². The van der Waals surface area contributed by atoms with Crippen LogP contribution in [0, 0.1) is 23.2 Å². The van der Waals surface area contributed by atoms with E-state index >= 15 is 0 Å². The van der Waals surface area contributed by atoms with Gasteiger partial charge in [0.15, 0.2) is 0 Å². The van der Waals surface area contributed by atoms with Gasteiger partial charge < -0.3 is 19.3 Å². The van der Waals surface area contributed by atoms with E-state index in [4.69, 9.17) is 14.2 Å². The smallest absolute Gasteiger partial charge is 0.338 e. The van der Waals surface area contributed by atoms with Gasteiger partial charge in [0.25, 0.3) is 0 Å². The zero-order chi connectivity index (χ0) is 18.7. The third-order valence-corrected chi connectivity index (χ3v) is 6.35. The fourth-order valence-corrected chi connectivity index (χ4v) is 5.15. The second kappa shape index (κ2) is 5.56. The van der Waals surface area contributed by atoms with E-state index in [1.165, 1.54) is 21.0 Å². The fraction of sp³-hybridized carbons (Fsp3) is 0.722. The molecule has 7 nitrogen and oxygen atoms in total. The molecule has 0 amide bonds. The van der Waals surface area contributed by atoms with E-state index in [-0.39, 0.29) is 29.6 Å². The van der Waals surface area contributed by atoms with Crippen LogP contribution < -0.4 is 0 Å². The topological polar surface area (TPSA) is 99.1 Å². The minimum atomic E-state index is -0.951. The molecule has 3 rings (SSSR count). The number of methoxy groups -OCH3 is 1. The number of esters is 3. The lowest BCUT2D eigenvalue weighted by Gasteiger charge is -2.48. The molecule has 3 fully saturated rings. The van der Waals surface area contributed by atoms with Crippen molar-refractivity contribution in [2.75, 3.05) is 13.7 Å². The van der Waals surface area contributed by atoms with Gasteiger partial charge in [0.2, 0.25) is 0 Å². The van der Waals surface area contributed by atoms with Gasteiger partial charge in [-0.1, -0.05) is 6.92 Å². The molecule has 0 spiro atoms. The average Bonchev–Trinajstić information content (AvgIpc) is 3.31.